The largest absolute Gasteiger partial charge is 0.374 e. The summed E-state index contributed by atoms with van der Waals surface area (Å²) in [6, 6.07) is 0. The lowest BCUT2D eigenvalue weighted by Crippen LogP contribution is -2.22. The number of carbonyl (C=O) groups is 1. The molecule has 0 rings (SSSR count). The lowest BCUT2D eigenvalue weighted by molar-refractivity contribution is -0.117. The molecule has 0 aliphatic carbocycles. The van der Waals surface area contributed by atoms with E-state index in [1.165, 1.54) is 0 Å². The SMILES string of the molecule is CC(O)N(C)C=CCC(N)=O. The van der Waals surface area contributed by atoms with Gasteiger partial charge in [0.1, 0.15) is 6.23 Å². The maximum absolute atomic E-state index is 10.2. The summed E-state index contributed by atoms with van der Waals surface area (Å²) < 4.78 is 0. The Morgan fingerprint density at radius 2 is 2.36 bits per heavy atom. The molecule has 1 atom stereocenters. The van der Waals surface area contributed by atoms with Crippen LogP contribution in [0.1, 0.15) is 13.3 Å². The van der Waals surface area contributed by atoms with Crippen LogP contribution in [0.4, 0.5) is 0 Å². The summed E-state index contributed by atoms with van der Waals surface area (Å²) in [4.78, 5) is 11.8. The van der Waals surface area contributed by atoms with E-state index in [1.54, 1.807) is 31.1 Å². The Balaban J connectivity index is 3.65. The summed E-state index contributed by atoms with van der Waals surface area (Å²) in [5.41, 5.74) is 4.88. The number of aliphatic hydroxyl groups is 1. The van der Waals surface area contributed by atoms with Gasteiger partial charge in [0, 0.05) is 13.5 Å². The summed E-state index contributed by atoms with van der Waals surface area (Å²) in [5.74, 6) is -0.375. The fraction of sp³-hybridized carbons (Fsp3) is 0.571. The number of hydrogen-bond acceptors (Lipinski definition) is 3. The lowest BCUT2D eigenvalue weighted by Gasteiger charge is -2.16. The molecule has 0 aromatic carbocycles. The van der Waals surface area contributed by atoms with Gasteiger partial charge in [0.25, 0.3) is 0 Å². The molecule has 64 valence electrons. The number of amides is 1. The van der Waals surface area contributed by atoms with Crippen molar-refractivity contribution in [2.75, 3.05) is 7.05 Å². The highest BCUT2D eigenvalue weighted by Gasteiger charge is 1.96. The third-order valence-electron chi connectivity index (χ3n) is 1.25. The molecule has 11 heavy (non-hydrogen) atoms. The molecule has 1 unspecified atom stereocenters. The predicted molar refractivity (Wildman–Crippen MR) is 42.4 cm³/mol. The second-order valence-electron chi connectivity index (χ2n) is 2.35. The normalized spacial score (nSPS) is 13.4. The highest BCUT2D eigenvalue weighted by atomic mass is 16.3. The molecule has 0 aliphatic heterocycles. The lowest BCUT2D eigenvalue weighted by atomic mass is 10.4. The van der Waals surface area contributed by atoms with Crippen molar-refractivity contribution in [3.63, 3.8) is 0 Å². The number of primary amides is 1. The Morgan fingerprint density at radius 1 is 1.82 bits per heavy atom. The summed E-state index contributed by atoms with van der Waals surface area (Å²) in [5, 5.41) is 8.94. The van der Waals surface area contributed by atoms with Crippen LogP contribution < -0.4 is 5.73 Å². The summed E-state index contributed by atoms with van der Waals surface area (Å²) >= 11 is 0. The number of rotatable bonds is 4. The minimum absolute atomic E-state index is 0.205. The van der Waals surface area contributed by atoms with Crippen molar-refractivity contribution in [3.05, 3.63) is 12.3 Å². The van der Waals surface area contributed by atoms with Crippen LogP contribution in [0.3, 0.4) is 0 Å². The smallest absolute Gasteiger partial charge is 0.221 e. The van der Waals surface area contributed by atoms with Crippen molar-refractivity contribution in [1.82, 2.24) is 4.90 Å². The number of hydrogen-bond donors (Lipinski definition) is 2. The van der Waals surface area contributed by atoms with Crippen LogP contribution in [0.25, 0.3) is 0 Å². The van der Waals surface area contributed by atoms with Crippen molar-refractivity contribution in [2.45, 2.75) is 19.6 Å². The predicted octanol–water partition coefficient (Wildman–Crippen LogP) is -0.354. The van der Waals surface area contributed by atoms with Gasteiger partial charge in [0.15, 0.2) is 0 Å². The third-order valence-corrected chi connectivity index (χ3v) is 1.25. The van der Waals surface area contributed by atoms with Gasteiger partial charge < -0.3 is 15.7 Å². The van der Waals surface area contributed by atoms with Crippen LogP contribution in [-0.2, 0) is 4.79 Å². The highest BCUT2D eigenvalue weighted by molar-refractivity contribution is 5.75. The Hall–Kier alpha value is -1.03. The Morgan fingerprint density at radius 3 is 2.73 bits per heavy atom. The molecule has 0 bridgehead atoms. The number of nitrogens with two attached hydrogens (primary N) is 1. The first kappa shape index (κ1) is 9.97. The van der Waals surface area contributed by atoms with E-state index in [0.29, 0.717) is 0 Å². The van der Waals surface area contributed by atoms with Gasteiger partial charge in [0.05, 0.1) is 0 Å². The van der Waals surface area contributed by atoms with E-state index in [-0.39, 0.29) is 12.3 Å². The van der Waals surface area contributed by atoms with Gasteiger partial charge in [-0.25, -0.2) is 0 Å². The minimum atomic E-state index is -0.542. The van der Waals surface area contributed by atoms with Gasteiger partial charge in [-0.3, -0.25) is 4.79 Å². The van der Waals surface area contributed by atoms with Crippen molar-refractivity contribution >= 4 is 5.91 Å². The first-order valence-corrected chi connectivity index (χ1v) is 3.39. The van der Waals surface area contributed by atoms with Crippen LogP contribution in [0.5, 0.6) is 0 Å². The van der Waals surface area contributed by atoms with E-state index >= 15 is 0 Å². The molecule has 4 nitrogen and oxygen atoms in total. The molecule has 0 saturated carbocycles. The van der Waals surface area contributed by atoms with Crippen molar-refractivity contribution < 1.29 is 9.90 Å². The molecule has 1 amide bonds. The number of carbonyl (C=O) groups excluding carboxylic acids is 1. The van der Waals surface area contributed by atoms with Crippen LogP contribution in [0, 0.1) is 0 Å². The van der Waals surface area contributed by atoms with Gasteiger partial charge in [-0.2, -0.15) is 0 Å². The molecule has 0 aromatic rings. The first-order chi connectivity index (χ1) is 5.04. The monoisotopic (exact) mass is 158 g/mol. The van der Waals surface area contributed by atoms with Gasteiger partial charge in [0.2, 0.25) is 5.91 Å². The highest BCUT2D eigenvalue weighted by Crippen LogP contribution is 1.92. The zero-order chi connectivity index (χ0) is 8.85. The summed E-state index contributed by atoms with van der Waals surface area (Å²) in [6.45, 7) is 1.63. The first-order valence-electron chi connectivity index (χ1n) is 3.39. The van der Waals surface area contributed by atoms with Crippen LogP contribution in [0.2, 0.25) is 0 Å². The molecule has 0 spiro atoms. The standard InChI is InChI=1S/C7H14N2O2/c1-6(10)9(2)5-3-4-7(8)11/h3,5-6,10H,4H2,1-2H3,(H2,8,11). The molecule has 0 radical (unpaired) electrons. The Kier molecular flexibility index (Phi) is 4.29. The molecule has 0 heterocycles. The zero-order valence-corrected chi connectivity index (χ0v) is 6.82. The van der Waals surface area contributed by atoms with Crippen molar-refractivity contribution in [1.29, 1.82) is 0 Å². The molecule has 4 heteroatoms. The van der Waals surface area contributed by atoms with E-state index in [2.05, 4.69) is 0 Å². The van der Waals surface area contributed by atoms with Gasteiger partial charge in [-0.1, -0.05) is 6.08 Å². The molecular formula is C7H14N2O2. The molecule has 0 fully saturated rings. The van der Waals surface area contributed by atoms with Gasteiger partial charge in [-0.05, 0) is 13.1 Å². The summed E-state index contributed by atoms with van der Waals surface area (Å²) in [7, 11) is 1.71. The van der Waals surface area contributed by atoms with E-state index in [0.717, 1.165) is 0 Å². The maximum Gasteiger partial charge on any atom is 0.221 e. The van der Waals surface area contributed by atoms with Crippen molar-refractivity contribution in [2.24, 2.45) is 5.73 Å². The molecule has 0 aliphatic rings. The van der Waals surface area contributed by atoms with Crippen LogP contribution in [0.15, 0.2) is 12.3 Å². The second-order valence-corrected chi connectivity index (χ2v) is 2.35. The average Bonchev–Trinajstić information content (AvgIpc) is 1.86. The second kappa shape index (κ2) is 4.73. The van der Waals surface area contributed by atoms with Crippen molar-refractivity contribution in [3.8, 4) is 0 Å². The van der Waals surface area contributed by atoms with E-state index in [4.69, 9.17) is 10.8 Å². The number of nitrogens with zero attached hydrogens (tertiary/aromatic N) is 1. The van der Waals surface area contributed by atoms with E-state index < -0.39 is 6.23 Å². The van der Waals surface area contributed by atoms with E-state index in [1.807, 2.05) is 0 Å². The summed E-state index contributed by atoms with van der Waals surface area (Å²) in [6.07, 6.45) is 2.89. The zero-order valence-electron chi connectivity index (χ0n) is 6.82. The van der Waals surface area contributed by atoms with E-state index in [9.17, 15) is 4.79 Å². The Bertz CT molecular complexity index is 155. The van der Waals surface area contributed by atoms with Crippen LogP contribution in [-0.4, -0.2) is 29.2 Å². The van der Waals surface area contributed by atoms with Crippen LogP contribution >= 0.6 is 0 Å². The minimum Gasteiger partial charge on any atom is -0.374 e. The molecule has 0 aromatic heterocycles. The number of aliphatic hydroxyl groups excluding tert-OH is 1. The average molecular weight is 158 g/mol. The molecule has 3 N–H and O–H groups in total. The molecular weight excluding hydrogens is 144 g/mol. The quantitative estimate of drug-likeness (QED) is 0.549. The topological polar surface area (TPSA) is 66.6 Å². The van der Waals surface area contributed by atoms with Gasteiger partial charge >= 0.3 is 0 Å². The van der Waals surface area contributed by atoms with Gasteiger partial charge in [-0.15, -0.1) is 0 Å². The fourth-order valence-corrected chi connectivity index (χ4v) is 0.460. The molecule has 0 saturated heterocycles. The maximum atomic E-state index is 10.2. The fourth-order valence-electron chi connectivity index (χ4n) is 0.460. The Labute approximate surface area is 66.3 Å². The third kappa shape index (κ3) is 5.42.